The van der Waals surface area contributed by atoms with Crippen molar-refractivity contribution in [2.24, 2.45) is 0 Å². The molecule has 1 atom stereocenters. The zero-order chi connectivity index (χ0) is 13.1. The summed E-state index contributed by atoms with van der Waals surface area (Å²) in [6, 6.07) is 14.5. The molecule has 0 aliphatic rings. The number of aromatic nitrogens is 1. The second-order valence-corrected chi connectivity index (χ2v) is 4.54. The van der Waals surface area contributed by atoms with Crippen molar-refractivity contribution in [3.8, 4) is 0 Å². The van der Waals surface area contributed by atoms with Gasteiger partial charge in [-0.05, 0) is 36.9 Å². The maximum atomic E-state index is 5.44. The molecule has 1 unspecified atom stereocenters. The van der Waals surface area contributed by atoms with Crippen molar-refractivity contribution < 1.29 is 4.42 Å². The highest BCUT2D eigenvalue weighted by atomic mass is 16.3. The molecular weight excluding hydrogens is 236 g/mol. The number of nitrogens with one attached hydrogen (secondary N) is 1. The molecule has 3 heteroatoms. The summed E-state index contributed by atoms with van der Waals surface area (Å²) >= 11 is 0. The van der Waals surface area contributed by atoms with E-state index in [2.05, 4.69) is 28.5 Å². The predicted octanol–water partition coefficient (Wildman–Crippen LogP) is 3.33. The van der Waals surface area contributed by atoms with Gasteiger partial charge in [0.2, 0.25) is 0 Å². The van der Waals surface area contributed by atoms with Gasteiger partial charge in [-0.25, -0.2) is 0 Å². The van der Waals surface area contributed by atoms with Crippen molar-refractivity contribution in [3.05, 3.63) is 66.2 Å². The molecule has 96 valence electrons. The first-order chi connectivity index (χ1) is 9.38. The summed E-state index contributed by atoms with van der Waals surface area (Å²) in [4.78, 5) is 4.40. The minimum absolute atomic E-state index is 0.221. The van der Waals surface area contributed by atoms with E-state index in [-0.39, 0.29) is 6.04 Å². The average molecular weight is 252 g/mol. The molecule has 0 amide bonds. The number of likely N-dealkylation sites (N-methyl/N-ethyl adjacent to an activating group) is 1. The van der Waals surface area contributed by atoms with Gasteiger partial charge in [0.25, 0.3) is 0 Å². The van der Waals surface area contributed by atoms with Crippen LogP contribution in [0.3, 0.4) is 0 Å². The summed E-state index contributed by atoms with van der Waals surface area (Å²) < 4.78 is 5.44. The predicted molar refractivity (Wildman–Crippen MR) is 76.0 cm³/mol. The monoisotopic (exact) mass is 252 g/mol. The van der Waals surface area contributed by atoms with Crippen LogP contribution in [0.1, 0.15) is 17.4 Å². The molecule has 2 heterocycles. The number of fused-ring (bicyclic) bond motifs is 1. The van der Waals surface area contributed by atoms with Gasteiger partial charge in [0, 0.05) is 24.0 Å². The van der Waals surface area contributed by atoms with Gasteiger partial charge in [0.05, 0.1) is 11.8 Å². The lowest BCUT2D eigenvalue weighted by atomic mass is 9.98. The zero-order valence-electron chi connectivity index (χ0n) is 10.8. The molecule has 2 aromatic heterocycles. The van der Waals surface area contributed by atoms with Crippen LogP contribution >= 0.6 is 0 Å². The minimum atomic E-state index is 0.221. The van der Waals surface area contributed by atoms with E-state index in [1.165, 1.54) is 10.9 Å². The molecule has 1 aromatic carbocycles. The molecule has 3 nitrogen and oxygen atoms in total. The lowest BCUT2D eigenvalue weighted by Gasteiger charge is -2.17. The molecule has 0 bridgehead atoms. The number of hydrogen-bond acceptors (Lipinski definition) is 3. The van der Waals surface area contributed by atoms with Gasteiger partial charge in [-0.15, -0.1) is 0 Å². The third-order valence-electron chi connectivity index (χ3n) is 3.39. The number of hydrogen-bond donors (Lipinski definition) is 1. The van der Waals surface area contributed by atoms with E-state index >= 15 is 0 Å². The zero-order valence-corrected chi connectivity index (χ0v) is 10.8. The highest BCUT2D eigenvalue weighted by Gasteiger charge is 2.14. The van der Waals surface area contributed by atoms with Crippen LogP contribution in [0.15, 0.2) is 59.3 Å². The third-order valence-corrected chi connectivity index (χ3v) is 3.39. The summed E-state index contributed by atoms with van der Waals surface area (Å²) in [5.74, 6) is 0.986. The molecule has 3 aromatic rings. The highest BCUT2D eigenvalue weighted by molar-refractivity contribution is 5.82. The van der Waals surface area contributed by atoms with Crippen molar-refractivity contribution in [1.82, 2.24) is 10.3 Å². The molecule has 0 saturated carbocycles. The number of nitrogens with zero attached hydrogens (tertiary/aromatic N) is 1. The molecule has 0 radical (unpaired) electrons. The fraction of sp³-hybridized carbons (Fsp3) is 0.188. The minimum Gasteiger partial charge on any atom is -0.469 e. The van der Waals surface area contributed by atoms with Crippen LogP contribution in [-0.2, 0) is 6.42 Å². The molecular formula is C16H16N2O. The Morgan fingerprint density at radius 3 is 2.89 bits per heavy atom. The Hall–Kier alpha value is -2.13. The standard InChI is InChI=1S/C16H16N2O/c1-17-16(11-12-5-4-10-19-12)14-6-2-8-15-13(14)7-3-9-18-15/h2-10,16-17H,11H2,1H3. The first-order valence-electron chi connectivity index (χ1n) is 6.42. The Morgan fingerprint density at radius 1 is 1.16 bits per heavy atom. The fourth-order valence-electron chi connectivity index (χ4n) is 2.43. The number of rotatable bonds is 4. The van der Waals surface area contributed by atoms with E-state index in [4.69, 9.17) is 4.42 Å². The summed E-state index contributed by atoms with van der Waals surface area (Å²) in [5, 5.41) is 4.55. The Kier molecular flexibility index (Phi) is 3.29. The van der Waals surface area contributed by atoms with Crippen LogP contribution in [0.2, 0.25) is 0 Å². The number of furan rings is 1. The normalized spacial score (nSPS) is 12.7. The maximum absolute atomic E-state index is 5.44. The first kappa shape index (κ1) is 11.9. The summed E-state index contributed by atoms with van der Waals surface area (Å²) in [5.41, 5.74) is 2.28. The van der Waals surface area contributed by atoms with Crippen LogP contribution in [0, 0.1) is 0 Å². The van der Waals surface area contributed by atoms with Gasteiger partial charge in [-0.1, -0.05) is 18.2 Å². The van der Waals surface area contributed by atoms with Crippen LogP contribution in [0.5, 0.6) is 0 Å². The molecule has 0 fully saturated rings. The van der Waals surface area contributed by atoms with Gasteiger partial charge < -0.3 is 9.73 Å². The lowest BCUT2D eigenvalue weighted by molar-refractivity contribution is 0.467. The van der Waals surface area contributed by atoms with Gasteiger partial charge >= 0.3 is 0 Å². The average Bonchev–Trinajstić information content (AvgIpc) is 2.97. The molecule has 0 aliphatic heterocycles. The van der Waals surface area contributed by atoms with Gasteiger partial charge in [0.1, 0.15) is 5.76 Å². The van der Waals surface area contributed by atoms with Gasteiger partial charge in [0.15, 0.2) is 0 Å². The summed E-state index contributed by atoms with van der Waals surface area (Å²) in [6.07, 6.45) is 4.37. The van der Waals surface area contributed by atoms with Crippen molar-refractivity contribution in [2.75, 3.05) is 7.05 Å². The van der Waals surface area contributed by atoms with Crippen molar-refractivity contribution >= 4 is 10.9 Å². The third kappa shape index (κ3) is 2.37. The number of pyridine rings is 1. The van der Waals surface area contributed by atoms with E-state index in [1.807, 2.05) is 37.5 Å². The Morgan fingerprint density at radius 2 is 2.11 bits per heavy atom. The van der Waals surface area contributed by atoms with E-state index in [9.17, 15) is 0 Å². The van der Waals surface area contributed by atoms with Crippen molar-refractivity contribution in [3.63, 3.8) is 0 Å². The lowest BCUT2D eigenvalue weighted by Crippen LogP contribution is -2.19. The topological polar surface area (TPSA) is 38.1 Å². The first-order valence-corrected chi connectivity index (χ1v) is 6.42. The van der Waals surface area contributed by atoms with Gasteiger partial charge in [-0.3, -0.25) is 4.98 Å². The van der Waals surface area contributed by atoms with Crippen LogP contribution in [0.4, 0.5) is 0 Å². The second kappa shape index (κ2) is 5.24. The molecule has 0 spiro atoms. The van der Waals surface area contributed by atoms with E-state index in [0.29, 0.717) is 0 Å². The Balaban J connectivity index is 2.01. The van der Waals surface area contributed by atoms with Crippen LogP contribution in [0.25, 0.3) is 10.9 Å². The quantitative estimate of drug-likeness (QED) is 0.774. The Bertz CT molecular complexity index is 656. The van der Waals surface area contributed by atoms with Crippen molar-refractivity contribution in [2.45, 2.75) is 12.5 Å². The molecule has 0 saturated heterocycles. The SMILES string of the molecule is CNC(Cc1ccco1)c1cccc2ncccc12. The fourth-order valence-corrected chi connectivity index (χ4v) is 2.43. The summed E-state index contributed by atoms with van der Waals surface area (Å²) in [7, 11) is 1.98. The molecule has 1 N–H and O–H groups in total. The largest absolute Gasteiger partial charge is 0.469 e. The number of benzene rings is 1. The van der Waals surface area contributed by atoms with E-state index in [0.717, 1.165) is 17.7 Å². The maximum Gasteiger partial charge on any atom is 0.105 e. The summed E-state index contributed by atoms with van der Waals surface area (Å²) in [6.45, 7) is 0. The highest BCUT2D eigenvalue weighted by Crippen LogP contribution is 2.25. The molecule has 0 aliphatic carbocycles. The van der Waals surface area contributed by atoms with Gasteiger partial charge in [-0.2, -0.15) is 0 Å². The van der Waals surface area contributed by atoms with E-state index in [1.54, 1.807) is 6.26 Å². The molecule has 19 heavy (non-hydrogen) atoms. The second-order valence-electron chi connectivity index (χ2n) is 4.54. The van der Waals surface area contributed by atoms with E-state index < -0.39 is 0 Å². The smallest absolute Gasteiger partial charge is 0.105 e. The van der Waals surface area contributed by atoms with Crippen LogP contribution in [-0.4, -0.2) is 12.0 Å². The molecule has 3 rings (SSSR count). The Labute approximate surface area is 112 Å². The van der Waals surface area contributed by atoms with Crippen molar-refractivity contribution in [1.29, 1.82) is 0 Å². The van der Waals surface area contributed by atoms with Crippen LogP contribution < -0.4 is 5.32 Å².